The molecule has 1 aliphatic heterocycles. The molecule has 0 radical (unpaired) electrons. The Morgan fingerprint density at radius 3 is 2.42 bits per heavy atom. The van der Waals surface area contributed by atoms with E-state index in [0.717, 1.165) is 0 Å². The molecule has 1 heterocycles. The topological polar surface area (TPSA) is 53.0 Å². The predicted octanol–water partition coefficient (Wildman–Crippen LogP) is 0.713. The van der Waals surface area contributed by atoms with E-state index in [-0.39, 0.29) is 36.7 Å². The minimum Gasteiger partial charge on any atom is -0.394 e. The Labute approximate surface area is 116 Å². The van der Waals surface area contributed by atoms with Crippen molar-refractivity contribution < 1.29 is 14.6 Å². The molecule has 19 heavy (non-hydrogen) atoms. The standard InChI is InChI=1S/C14H28N2O3/c1-10(2)16(11(3)4)14(18)7-15-6-13(8-17)19-9-12(15)5/h10-13,17H,6-9H2,1-5H3. The summed E-state index contributed by atoms with van der Waals surface area (Å²) in [6, 6.07) is 0.628. The second kappa shape index (κ2) is 7.22. The highest BCUT2D eigenvalue weighted by Gasteiger charge is 2.29. The monoisotopic (exact) mass is 272 g/mol. The van der Waals surface area contributed by atoms with Crippen molar-refractivity contribution in [2.45, 2.75) is 58.8 Å². The lowest BCUT2D eigenvalue weighted by atomic mass is 10.1. The van der Waals surface area contributed by atoms with Crippen molar-refractivity contribution in [3.63, 3.8) is 0 Å². The first-order valence-corrected chi connectivity index (χ1v) is 7.14. The van der Waals surface area contributed by atoms with Gasteiger partial charge in [-0.15, -0.1) is 0 Å². The average molecular weight is 272 g/mol. The molecule has 1 fully saturated rings. The molecule has 1 aliphatic rings. The normalized spacial score (nSPS) is 25.1. The van der Waals surface area contributed by atoms with Crippen LogP contribution in [0.25, 0.3) is 0 Å². The highest BCUT2D eigenvalue weighted by molar-refractivity contribution is 5.78. The smallest absolute Gasteiger partial charge is 0.237 e. The van der Waals surface area contributed by atoms with Crippen LogP contribution < -0.4 is 0 Å². The predicted molar refractivity (Wildman–Crippen MR) is 75.0 cm³/mol. The van der Waals surface area contributed by atoms with E-state index in [2.05, 4.69) is 11.8 Å². The number of ether oxygens (including phenoxy) is 1. The second-order valence-corrected chi connectivity index (χ2v) is 5.90. The Bertz CT molecular complexity index is 286. The summed E-state index contributed by atoms with van der Waals surface area (Å²) in [4.78, 5) is 16.4. The molecule has 0 spiro atoms. The molecule has 1 amide bonds. The number of hydrogen-bond donors (Lipinski definition) is 1. The molecule has 0 saturated carbocycles. The number of carbonyl (C=O) groups is 1. The van der Waals surface area contributed by atoms with Gasteiger partial charge in [0.15, 0.2) is 0 Å². The van der Waals surface area contributed by atoms with Gasteiger partial charge < -0.3 is 14.7 Å². The molecule has 0 bridgehead atoms. The van der Waals surface area contributed by atoms with Crippen LogP contribution in [-0.4, -0.2) is 71.3 Å². The first-order chi connectivity index (χ1) is 8.86. The van der Waals surface area contributed by atoms with Crippen molar-refractivity contribution in [3.8, 4) is 0 Å². The molecule has 2 unspecified atom stereocenters. The van der Waals surface area contributed by atoms with Crippen molar-refractivity contribution >= 4 is 5.91 Å². The first-order valence-electron chi connectivity index (χ1n) is 7.14. The summed E-state index contributed by atoms with van der Waals surface area (Å²) in [5.41, 5.74) is 0. The van der Waals surface area contributed by atoms with Gasteiger partial charge in [0.1, 0.15) is 0 Å². The van der Waals surface area contributed by atoms with Crippen molar-refractivity contribution in [1.82, 2.24) is 9.80 Å². The van der Waals surface area contributed by atoms with Gasteiger partial charge in [0.25, 0.3) is 0 Å². The lowest BCUT2D eigenvalue weighted by Gasteiger charge is -2.39. The van der Waals surface area contributed by atoms with E-state index in [1.807, 2.05) is 32.6 Å². The van der Waals surface area contributed by atoms with Gasteiger partial charge in [-0.25, -0.2) is 0 Å². The molecule has 2 atom stereocenters. The molecule has 0 aromatic carbocycles. The van der Waals surface area contributed by atoms with Crippen molar-refractivity contribution in [2.24, 2.45) is 0 Å². The van der Waals surface area contributed by atoms with Gasteiger partial charge in [0.05, 0.1) is 25.9 Å². The van der Waals surface area contributed by atoms with E-state index < -0.39 is 0 Å². The maximum Gasteiger partial charge on any atom is 0.237 e. The fourth-order valence-corrected chi connectivity index (χ4v) is 2.63. The van der Waals surface area contributed by atoms with Crippen molar-refractivity contribution in [2.75, 3.05) is 26.3 Å². The summed E-state index contributed by atoms with van der Waals surface area (Å²) in [5, 5.41) is 9.17. The number of aliphatic hydroxyl groups excluding tert-OH is 1. The Kier molecular flexibility index (Phi) is 6.23. The van der Waals surface area contributed by atoms with E-state index in [9.17, 15) is 4.79 Å². The molecular weight excluding hydrogens is 244 g/mol. The van der Waals surface area contributed by atoms with E-state index in [1.165, 1.54) is 0 Å². The van der Waals surface area contributed by atoms with E-state index in [4.69, 9.17) is 9.84 Å². The Balaban J connectivity index is 2.63. The molecule has 0 aromatic heterocycles. The third kappa shape index (κ3) is 4.44. The second-order valence-electron chi connectivity index (χ2n) is 5.90. The largest absolute Gasteiger partial charge is 0.394 e. The molecule has 112 valence electrons. The summed E-state index contributed by atoms with van der Waals surface area (Å²) in [6.45, 7) is 11.8. The number of carbonyl (C=O) groups excluding carboxylic acids is 1. The van der Waals surface area contributed by atoms with Crippen LogP contribution in [0.15, 0.2) is 0 Å². The van der Waals surface area contributed by atoms with Crippen LogP contribution in [0.1, 0.15) is 34.6 Å². The molecule has 1 N–H and O–H groups in total. The zero-order valence-electron chi connectivity index (χ0n) is 12.8. The lowest BCUT2D eigenvalue weighted by Crippen LogP contribution is -2.54. The van der Waals surface area contributed by atoms with Crippen molar-refractivity contribution in [3.05, 3.63) is 0 Å². The highest BCUT2D eigenvalue weighted by atomic mass is 16.5. The zero-order valence-corrected chi connectivity index (χ0v) is 12.8. The highest BCUT2D eigenvalue weighted by Crippen LogP contribution is 2.13. The zero-order chi connectivity index (χ0) is 14.6. The Morgan fingerprint density at radius 1 is 1.37 bits per heavy atom. The van der Waals surface area contributed by atoms with Gasteiger partial charge in [-0.3, -0.25) is 9.69 Å². The summed E-state index contributed by atoms with van der Waals surface area (Å²) >= 11 is 0. The molecule has 1 saturated heterocycles. The van der Waals surface area contributed by atoms with Crippen LogP contribution in [0.2, 0.25) is 0 Å². The summed E-state index contributed by atoms with van der Waals surface area (Å²) in [6.07, 6.45) is -0.171. The van der Waals surface area contributed by atoms with E-state index in [1.54, 1.807) is 0 Å². The van der Waals surface area contributed by atoms with Crippen molar-refractivity contribution in [1.29, 1.82) is 0 Å². The van der Waals surface area contributed by atoms with E-state index >= 15 is 0 Å². The number of hydrogen-bond acceptors (Lipinski definition) is 4. The Hall–Kier alpha value is -0.650. The van der Waals surface area contributed by atoms with Gasteiger partial charge in [0.2, 0.25) is 5.91 Å². The molecule has 0 aromatic rings. The van der Waals surface area contributed by atoms with Gasteiger partial charge in [-0.05, 0) is 34.6 Å². The molecule has 5 nitrogen and oxygen atoms in total. The number of morpholine rings is 1. The fourth-order valence-electron chi connectivity index (χ4n) is 2.63. The lowest BCUT2D eigenvalue weighted by molar-refractivity contribution is -0.140. The minimum absolute atomic E-state index is 0.00941. The van der Waals surface area contributed by atoms with Crippen LogP contribution in [0, 0.1) is 0 Å². The SMILES string of the molecule is CC1COC(CO)CN1CC(=O)N(C(C)C)C(C)C. The third-order valence-electron chi connectivity index (χ3n) is 3.58. The van der Waals surface area contributed by atoms with Gasteiger partial charge >= 0.3 is 0 Å². The fraction of sp³-hybridized carbons (Fsp3) is 0.929. The number of amides is 1. The molecule has 0 aliphatic carbocycles. The Morgan fingerprint density at radius 2 is 1.95 bits per heavy atom. The third-order valence-corrected chi connectivity index (χ3v) is 3.58. The number of nitrogens with zero attached hydrogens (tertiary/aromatic N) is 2. The maximum atomic E-state index is 12.4. The van der Waals surface area contributed by atoms with Crippen LogP contribution in [-0.2, 0) is 9.53 Å². The minimum atomic E-state index is -0.171. The molecule has 1 rings (SSSR count). The van der Waals surface area contributed by atoms with Crippen LogP contribution in [0.5, 0.6) is 0 Å². The average Bonchev–Trinajstić information content (AvgIpc) is 2.30. The first kappa shape index (κ1) is 16.4. The maximum absolute atomic E-state index is 12.4. The van der Waals surface area contributed by atoms with Gasteiger partial charge in [0, 0.05) is 24.7 Å². The summed E-state index contributed by atoms with van der Waals surface area (Å²) < 4.78 is 5.49. The summed E-state index contributed by atoms with van der Waals surface area (Å²) in [7, 11) is 0. The molecule has 5 heteroatoms. The van der Waals surface area contributed by atoms with Crippen LogP contribution in [0.3, 0.4) is 0 Å². The van der Waals surface area contributed by atoms with Crippen LogP contribution >= 0.6 is 0 Å². The van der Waals surface area contributed by atoms with Crippen LogP contribution in [0.4, 0.5) is 0 Å². The molecular formula is C14H28N2O3. The number of rotatable bonds is 5. The van der Waals surface area contributed by atoms with Gasteiger partial charge in [-0.1, -0.05) is 0 Å². The van der Waals surface area contributed by atoms with Gasteiger partial charge in [-0.2, -0.15) is 0 Å². The quantitative estimate of drug-likeness (QED) is 0.801. The van der Waals surface area contributed by atoms with E-state index in [0.29, 0.717) is 19.7 Å². The number of aliphatic hydroxyl groups is 1. The summed E-state index contributed by atoms with van der Waals surface area (Å²) in [5.74, 6) is 0.149.